The number of hydrogen-bond acceptors (Lipinski definition) is 4. The fourth-order valence-corrected chi connectivity index (χ4v) is 6.05. The van der Waals surface area contributed by atoms with E-state index in [4.69, 9.17) is 21.3 Å². The number of aromatic nitrogens is 1. The number of aliphatic carboxylic acids is 1. The first-order valence-electron chi connectivity index (χ1n) is 14.2. The number of carbonyl (C=O) groups is 2. The van der Waals surface area contributed by atoms with Crippen LogP contribution in [0.1, 0.15) is 54.0 Å². The van der Waals surface area contributed by atoms with E-state index in [1.165, 1.54) is 43.1 Å². The quantitative estimate of drug-likeness (QED) is 0.197. The lowest BCUT2D eigenvalue weighted by Gasteiger charge is -2.28. The molecular weight excluding hydrogens is 548 g/mol. The average molecular weight is 579 g/mol. The van der Waals surface area contributed by atoms with E-state index < -0.39 is 5.97 Å². The SMILES string of the molecule is COc1ccc(CC/C=C2\C(=O)Nc3cc(Cl)c(-c4ccc(-c5ccccc5C5CCC5)cc4)nc32)cc1CC(=O)O. The molecule has 212 valence electrons. The predicted octanol–water partition coefficient (Wildman–Crippen LogP) is 7.94. The van der Waals surface area contributed by atoms with Crippen LogP contribution in [0.2, 0.25) is 5.02 Å². The van der Waals surface area contributed by atoms with Gasteiger partial charge in [0.05, 0.1) is 41.2 Å². The van der Waals surface area contributed by atoms with E-state index >= 15 is 0 Å². The minimum atomic E-state index is -0.916. The Hall–Kier alpha value is -4.42. The highest BCUT2D eigenvalue weighted by Crippen LogP contribution is 2.42. The van der Waals surface area contributed by atoms with Gasteiger partial charge in [-0.05, 0) is 66.0 Å². The fraction of sp³-hybridized carbons (Fsp3) is 0.229. The molecule has 1 amide bonds. The molecule has 1 fully saturated rings. The molecule has 4 aromatic rings. The van der Waals surface area contributed by atoms with Gasteiger partial charge in [-0.3, -0.25) is 9.59 Å². The maximum atomic E-state index is 12.9. The normalized spacial score (nSPS) is 15.3. The van der Waals surface area contributed by atoms with E-state index in [1.807, 2.05) is 30.3 Å². The van der Waals surface area contributed by atoms with Crippen LogP contribution >= 0.6 is 11.6 Å². The van der Waals surface area contributed by atoms with Crippen LogP contribution in [0.3, 0.4) is 0 Å². The Balaban J connectivity index is 1.24. The largest absolute Gasteiger partial charge is 0.496 e. The molecule has 42 heavy (non-hydrogen) atoms. The van der Waals surface area contributed by atoms with Crippen molar-refractivity contribution in [3.63, 3.8) is 0 Å². The number of methoxy groups -OCH3 is 1. The Bertz CT molecular complexity index is 1710. The second-order valence-corrected chi connectivity index (χ2v) is 11.2. The first-order chi connectivity index (χ1) is 20.4. The zero-order valence-corrected chi connectivity index (χ0v) is 24.1. The number of ether oxygens (including phenoxy) is 1. The minimum Gasteiger partial charge on any atom is -0.496 e. The number of pyridine rings is 1. The summed E-state index contributed by atoms with van der Waals surface area (Å²) in [5.41, 5.74) is 8.64. The van der Waals surface area contributed by atoms with Gasteiger partial charge < -0.3 is 15.2 Å². The zero-order chi connectivity index (χ0) is 29.2. The number of benzene rings is 3. The maximum absolute atomic E-state index is 12.9. The van der Waals surface area contributed by atoms with E-state index in [1.54, 1.807) is 12.1 Å². The fourth-order valence-electron chi connectivity index (χ4n) is 5.79. The van der Waals surface area contributed by atoms with Gasteiger partial charge >= 0.3 is 5.97 Å². The maximum Gasteiger partial charge on any atom is 0.307 e. The van der Waals surface area contributed by atoms with Crippen LogP contribution in [-0.4, -0.2) is 29.1 Å². The summed E-state index contributed by atoms with van der Waals surface area (Å²) < 4.78 is 5.30. The lowest BCUT2D eigenvalue weighted by Crippen LogP contribution is -2.09. The number of fused-ring (bicyclic) bond motifs is 1. The number of hydrogen-bond donors (Lipinski definition) is 2. The van der Waals surface area contributed by atoms with Crippen LogP contribution in [0.25, 0.3) is 28.0 Å². The highest BCUT2D eigenvalue weighted by Gasteiger charge is 2.28. The number of rotatable bonds is 9. The molecule has 6 rings (SSSR count). The standard InChI is InChI=1S/C35H31ClN2O4/c1-42-31-17-12-21(18-25(31)19-32(39)40)6-4-11-28-34-30(37-35(28)41)20-29(36)33(38-34)24-15-13-23(14-16-24)27-10-3-2-9-26(27)22-7-5-8-22/h2-3,9-18,20,22H,4-8,19H2,1H3,(H,37,41)(H,39,40)/b28-11-. The van der Waals surface area contributed by atoms with Crippen LogP contribution in [0.5, 0.6) is 5.75 Å². The Morgan fingerprint density at radius 1 is 1.05 bits per heavy atom. The summed E-state index contributed by atoms with van der Waals surface area (Å²) in [6.07, 6.45) is 6.77. The predicted molar refractivity (Wildman–Crippen MR) is 166 cm³/mol. The number of nitrogens with one attached hydrogen (secondary N) is 1. The first-order valence-corrected chi connectivity index (χ1v) is 14.6. The summed E-state index contributed by atoms with van der Waals surface area (Å²) in [5.74, 6) is 0.0590. The molecule has 2 aliphatic rings. The third-order valence-corrected chi connectivity index (χ3v) is 8.46. The molecule has 7 heteroatoms. The van der Waals surface area contributed by atoms with E-state index in [0.717, 1.165) is 11.1 Å². The Morgan fingerprint density at radius 3 is 2.52 bits per heavy atom. The van der Waals surface area contributed by atoms with Crippen LogP contribution in [0, 0.1) is 0 Å². The smallest absolute Gasteiger partial charge is 0.307 e. The van der Waals surface area contributed by atoms with Gasteiger partial charge in [0.15, 0.2) is 0 Å². The van der Waals surface area contributed by atoms with Crippen molar-refractivity contribution in [2.45, 2.75) is 44.4 Å². The highest BCUT2D eigenvalue weighted by molar-refractivity contribution is 6.35. The number of halogens is 1. The van der Waals surface area contributed by atoms with Crippen molar-refractivity contribution < 1.29 is 19.4 Å². The van der Waals surface area contributed by atoms with E-state index in [-0.39, 0.29) is 12.3 Å². The van der Waals surface area contributed by atoms with Crippen molar-refractivity contribution in [2.75, 3.05) is 12.4 Å². The number of carboxylic acids is 1. The zero-order valence-electron chi connectivity index (χ0n) is 23.3. The molecule has 0 bridgehead atoms. The third kappa shape index (κ3) is 5.55. The number of carboxylic acid groups (broad SMARTS) is 1. The van der Waals surface area contributed by atoms with Gasteiger partial charge in [0.2, 0.25) is 0 Å². The Kier molecular flexibility index (Phi) is 7.81. The molecule has 2 heterocycles. The van der Waals surface area contributed by atoms with Gasteiger partial charge in [-0.25, -0.2) is 4.98 Å². The molecule has 0 unspecified atom stereocenters. The molecule has 0 spiro atoms. The van der Waals surface area contributed by atoms with Crippen LogP contribution in [0.4, 0.5) is 5.69 Å². The van der Waals surface area contributed by atoms with Gasteiger partial charge in [0, 0.05) is 11.1 Å². The minimum absolute atomic E-state index is 0.116. The molecule has 6 nitrogen and oxygen atoms in total. The molecule has 1 aliphatic carbocycles. The number of aryl methyl sites for hydroxylation is 1. The van der Waals surface area contributed by atoms with Crippen molar-refractivity contribution in [1.29, 1.82) is 0 Å². The number of nitrogens with zero attached hydrogens (tertiary/aromatic N) is 1. The first kappa shape index (κ1) is 27.7. The second kappa shape index (κ2) is 11.8. The van der Waals surface area contributed by atoms with Gasteiger partial charge in [0.25, 0.3) is 5.91 Å². The number of anilines is 1. The van der Waals surface area contributed by atoms with Crippen molar-refractivity contribution in [3.8, 4) is 28.1 Å². The summed E-state index contributed by atoms with van der Waals surface area (Å²) in [7, 11) is 1.53. The molecular formula is C35H31ClN2O4. The molecule has 0 atom stereocenters. The topological polar surface area (TPSA) is 88.5 Å². The van der Waals surface area contributed by atoms with Crippen molar-refractivity contribution in [3.05, 3.63) is 106 Å². The molecule has 3 aromatic carbocycles. The van der Waals surface area contributed by atoms with Crippen LogP contribution < -0.4 is 10.1 Å². The second-order valence-electron chi connectivity index (χ2n) is 10.8. The molecule has 1 saturated carbocycles. The van der Waals surface area contributed by atoms with Crippen LogP contribution in [-0.2, 0) is 22.4 Å². The Morgan fingerprint density at radius 2 is 1.81 bits per heavy atom. The molecule has 0 radical (unpaired) electrons. The number of amides is 1. The van der Waals surface area contributed by atoms with Crippen LogP contribution in [0.15, 0.2) is 78.9 Å². The monoisotopic (exact) mass is 578 g/mol. The lowest BCUT2D eigenvalue weighted by atomic mass is 9.77. The molecule has 0 saturated heterocycles. The summed E-state index contributed by atoms with van der Waals surface area (Å²) in [6, 6.07) is 24.3. The third-order valence-electron chi connectivity index (χ3n) is 8.17. The van der Waals surface area contributed by atoms with Gasteiger partial charge in [0.1, 0.15) is 5.75 Å². The Labute approximate surface area is 250 Å². The summed E-state index contributed by atoms with van der Waals surface area (Å²) >= 11 is 6.66. The number of allylic oxidation sites excluding steroid dienone is 1. The van der Waals surface area contributed by atoms with Gasteiger partial charge in [-0.1, -0.05) is 84.8 Å². The lowest BCUT2D eigenvalue weighted by molar-refractivity contribution is -0.136. The van der Waals surface area contributed by atoms with Gasteiger partial charge in [-0.15, -0.1) is 0 Å². The summed E-state index contributed by atoms with van der Waals surface area (Å²) in [6.45, 7) is 0. The summed E-state index contributed by atoms with van der Waals surface area (Å²) in [5, 5.41) is 12.6. The van der Waals surface area contributed by atoms with Gasteiger partial charge in [-0.2, -0.15) is 0 Å². The van der Waals surface area contributed by atoms with E-state index in [0.29, 0.717) is 57.7 Å². The van der Waals surface area contributed by atoms with E-state index in [2.05, 4.69) is 41.7 Å². The average Bonchev–Trinajstić information content (AvgIpc) is 3.25. The number of carbonyl (C=O) groups excluding carboxylic acids is 1. The highest BCUT2D eigenvalue weighted by atomic mass is 35.5. The van der Waals surface area contributed by atoms with Crippen molar-refractivity contribution in [1.82, 2.24) is 4.98 Å². The van der Waals surface area contributed by atoms with Crippen molar-refractivity contribution in [2.24, 2.45) is 0 Å². The molecule has 1 aromatic heterocycles. The van der Waals surface area contributed by atoms with E-state index in [9.17, 15) is 14.7 Å². The van der Waals surface area contributed by atoms with Crippen molar-refractivity contribution >= 4 is 34.7 Å². The molecule has 1 aliphatic heterocycles. The summed E-state index contributed by atoms with van der Waals surface area (Å²) in [4.78, 5) is 29.0. The molecule has 2 N–H and O–H groups in total.